The van der Waals surface area contributed by atoms with Crippen LogP contribution in [0.3, 0.4) is 0 Å². The quantitative estimate of drug-likeness (QED) is 0.453. The molecule has 9 nitrogen and oxygen atoms in total. The third kappa shape index (κ3) is 5.96. The van der Waals surface area contributed by atoms with Crippen molar-refractivity contribution < 1.29 is 29.7 Å². The Morgan fingerprint density at radius 3 is 2.08 bits per heavy atom. The summed E-state index contributed by atoms with van der Waals surface area (Å²) in [6.45, 7) is -0.479. The van der Waals surface area contributed by atoms with E-state index in [2.05, 4.69) is 15.5 Å². The molecule has 0 aliphatic rings. The standard InChI is InChI=1S/C16H13N3O6.Na/c20-13-6-5-11(7-12(13)16(24)25)19-18-10-3-1-9(2-4-10)15(23)17-8-14(21)22;/h1-7,20H,8H2,(H,17,23)(H,21,22)(H,24,25);. The van der Waals surface area contributed by atoms with E-state index in [1.165, 1.54) is 42.5 Å². The minimum Gasteiger partial charge on any atom is -0.507 e. The number of aromatic hydroxyl groups is 1. The van der Waals surface area contributed by atoms with Gasteiger partial charge in [-0.3, -0.25) is 9.59 Å². The molecule has 0 aliphatic carbocycles. The molecule has 2 aromatic rings. The Hall–Kier alpha value is -2.75. The van der Waals surface area contributed by atoms with E-state index < -0.39 is 24.4 Å². The summed E-state index contributed by atoms with van der Waals surface area (Å²) in [4.78, 5) is 33.0. The zero-order valence-electron chi connectivity index (χ0n) is 13.7. The number of phenols is 1. The normalized spacial score (nSPS) is 10.2. The van der Waals surface area contributed by atoms with Gasteiger partial charge < -0.3 is 20.6 Å². The third-order valence-corrected chi connectivity index (χ3v) is 3.02. The van der Waals surface area contributed by atoms with E-state index in [0.717, 1.165) is 0 Å². The van der Waals surface area contributed by atoms with E-state index in [0.29, 0.717) is 5.69 Å². The van der Waals surface area contributed by atoms with Crippen LogP contribution in [-0.2, 0) is 4.79 Å². The average molecular weight is 366 g/mol. The number of carboxylic acids is 2. The fourth-order valence-corrected chi connectivity index (χ4v) is 1.81. The molecule has 0 saturated carbocycles. The number of aromatic carboxylic acids is 1. The fourth-order valence-electron chi connectivity index (χ4n) is 1.81. The number of nitrogens with zero attached hydrogens (tertiary/aromatic N) is 2. The molecule has 0 spiro atoms. The van der Waals surface area contributed by atoms with Gasteiger partial charge in [0.1, 0.15) is 17.9 Å². The van der Waals surface area contributed by atoms with Gasteiger partial charge in [0.15, 0.2) is 0 Å². The van der Waals surface area contributed by atoms with Gasteiger partial charge in [0.2, 0.25) is 0 Å². The van der Waals surface area contributed by atoms with Crippen molar-refractivity contribution in [3.63, 3.8) is 0 Å². The molecule has 2 rings (SSSR count). The van der Waals surface area contributed by atoms with Gasteiger partial charge in [-0.25, -0.2) is 4.79 Å². The maximum atomic E-state index is 11.7. The summed E-state index contributed by atoms with van der Waals surface area (Å²) < 4.78 is 0. The summed E-state index contributed by atoms with van der Waals surface area (Å²) in [6.07, 6.45) is 0. The number of rotatable bonds is 6. The molecule has 10 heteroatoms. The van der Waals surface area contributed by atoms with Gasteiger partial charge in [-0.05, 0) is 42.5 Å². The number of nitrogens with one attached hydrogen (secondary N) is 1. The Morgan fingerprint density at radius 1 is 0.923 bits per heavy atom. The van der Waals surface area contributed by atoms with Gasteiger partial charge >= 0.3 is 11.9 Å². The van der Waals surface area contributed by atoms with Crippen molar-refractivity contribution in [3.8, 4) is 5.75 Å². The van der Waals surface area contributed by atoms with Crippen LogP contribution in [-0.4, -0.2) is 69.3 Å². The van der Waals surface area contributed by atoms with E-state index in [4.69, 9.17) is 10.2 Å². The predicted octanol–water partition coefficient (Wildman–Crippen LogP) is 1.94. The Balaban J connectivity index is 0.00000338. The van der Waals surface area contributed by atoms with Crippen LogP contribution in [0.25, 0.3) is 0 Å². The molecule has 129 valence electrons. The third-order valence-electron chi connectivity index (χ3n) is 3.02. The number of hydrogen-bond acceptors (Lipinski definition) is 6. The number of amides is 1. The van der Waals surface area contributed by atoms with Crippen LogP contribution in [0.2, 0.25) is 0 Å². The molecule has 0 aliphatic heterocycles. The number of carbonyl (C=O) groups is 3. The Morgan fingerprint density at radius 2 is 1.50 bits per heavy atom. The van der Waals surface area contributed by atoms with Crippen molar-refractivity contribution in [2.45, 2.75) is 0 Å². The van der Waals surface area contributed by atoms with Crippen molar-refractivity contribution in [1.29, 1.82) is 0 Å². The zero-order valence-corrected chi connectivity index (χ0v) is 15.7. The van der Waals surface area contributed by atoms with Crippen LogP contribution in [0.4, 0.5) is 11.4 Å². The van der Waals surface area contributed by atoms with E-state index in [1.54, 1.807) is 0 Å². The molecule has 26 heavy (non-hydrogen) atoms. The zero-order chi connectivity index (χ0) is 18.4. The molecule has 1 amide bonds. The largest absolute Gasteiger partial charge is 0.507 e. The number of carbonyl (C=O) groups excluding carboxylic acids is 1. The molecule has 1 radical (unpaired) electrons. The molecule has 0 atom stereocenters. The van der Waals surface area contributed by atoms with Crippen molar-refractivity contribution in [2.75, 3.05) is 6.54 Å². The fraction of sp³-hybridized carbons (Fsp3) is 0.0625. The van der Waals surface area contributed by atoms with Gasteiger partial charge in [-0.2, -0.15) is 10.2 Å². The minimum atomic E-state index is -1.29. The Kier molecular flexibility index (Phi) is 7.91. The van der Waals surface area contributed by atoms with E-state index in [-0.39, 0.29) is 52.1 Å². The second-order valence-corrected chi connectivity index (χ2v) is 4.83. The molecular formula is C16H13N3NaO6. The first-order valence-electron chi connectivity index (χ1n) is 6.95. The summed E-state index contributed by atoms with van der Waals surface area (Å²) in [7, 11) is 0. The summed E-state index contributed by atoms with van der Waals surface area (Å²) in [5.74, 6) is -3.33. The number of azo groups is 1. The summed E-state index contributed by atoms with van der Waals surface area (Å²) in [6, 6.07) is 9.67. The van der Waals surface area contributed by atoms with E-state index in [1.807, 2.05) is 0 Å². The summed E-state index contributed by atoms with van der Waals surface area (Å²) in [5, 5.41) is 36.9. The Labute approximate surface area is 169 Å². The first kappa shape index (κ1) is 21.3. The Bertz CT molecular complexity index is 852. The van der Waals surface area contributed by atoms with Crippen LogP contribution in [0.1, 0.15) is 20.7 Å². The maximum absolute atomic E-state index is 11.7. The van der Waals surface area contributed by atoms with Gasteiger partial charge in [0.25, 0.3) is 5.91 Å². The molecular weight excluding hydrogens is 353 g/mol. The predicted molar refractivity (Wildman–Crippen MR) is 91.4 cm³/mol. The van der Waals surface area contributed by atoms with Gasteiger partial charge in [0.05, 0.1) is 11.4 Å². The molecule has 2 aromatic carbocycles. The van der Waals surface area contributed by atoms with Crippen molar-refractivity contribution in [1.82, 2.24) is 5.32 Å². The SMILES string of the molecule is O=C(O)CNC(=O)c1ccc(N=Nc2ccc(O)c(C(=O)O)c2)cc1.[Na]. The smallest absolute Gasteiger partial charge is 0.339 e. The molecule has 0 fully saturated rings. The number of carboxylic acid groups (broad SMARTS) is 2. The second-order valence-electron chi connectivity index (χ2n) is 4.83. The van der Waals surface area contributed by atoms with Crippen LogP contribution in [0, 0.1) is 0 Å². The second kappa shape index (κ2) is 9.66. The average Bonchev–Trinajstić information content (AvgIpc) is 2.59. The topological polar surface area (TPSA) is 149 Å². The molecule has 0 bridgehead atoms. The first-order valence-corrected chi connectivity index (χ1v) is 6.95. The number of hydrogen-bond donors (Lipinski definition) is 4. The van der Waals surface area contributed by atoms with Crippen LogP contribution < -0.4 is 5.32 Å². The van der Waals surface area contributed by atoms with Gasteiger partial charge in [-0.1, -0.05) is 0 Å². The van der Waals surface area contributed by atoms with Crippen LogP contribution in [0.15, 0.2) is 52.7 Å². The number of aliphatic carboxylic acids is 1. The molecule has 4 N–H and O–H groups in total. The van der Waals surface area contributed by atoms with Gasteiger partial charge in [-0.15, -0.1) is 0 Å². The molecule has 0 aromatic heterocycles. The minimum absolute atomic E-state index is 0. The number of benzene rings is 2. The molecule has 0 saturated heterocycles. The molecule has 0 heterocycles. The summed E-state index contributed by atoms with van der Waals surface area (Å²) in [5.41, 5.74) is 0.609. The van der Waals surface area contributed by atoms with Crippen LogP contribution in [0.5, 0.6) is 5.75 Å². The van der Waals surface area contributed by atoms with Crippen molar-refractivity contribution >= 4 is 58.8 Å². The van der Waals surface area contributed by atoms with Gasteiger partial charge in [0, 0.05) is 35.1 Å². The van der Waals surface area contributed by atoms with Crippen LogP contribution >= 0.6 is 0 Å². The van der Waals surface area contributed by atoms with E-state index in [9.17, 15) is 19.5 Å². The first-order chi connectivity index (χ1) is 11.9. The maximum Gasteiger partial charge on any atom is 0.339 e. The van der Waals surface area contributed by atoms with Crippen molar-refractivity contribution in [2.24, 2.45) is 10.2 Å². The summed E-state index contributed by atoms with van der Waals surface area (Å²) >= 11 is 0. The van der Waals surface area contributed by atoms with E-state index >= 15 is 0 Å². The van der Waals surface area contributed by atoms with Crippen molar-refractivity contribution in [3.05, 3.63) is 53.6 Å². The molecule has 0 unspecified atom stereocenters. The monoisotopic (exact) mass is 366 g/mol.